The number of carbonyl (C=O) groups is 1. The molecule has 0 N–H and O–H groups in total. The molecule has 0 radical (unpaired) electrons. The van der Waals surface area contributed by atoms with Crippen molar-refractivity contribution >= 4 is 22.6 Å². The number of benzene rings is 2. The molecule has 0 aliphatic carbocycles. The van der Waals surface area contributed by atoms with Gasteiger partial charge in [-0.25, -0.2) is 15.0 Å². The van der Waals surface area contributed by atoms with Gasteiger partial charge in [0.1, 0.15) is 17.9 Å². The van der Waals surface area contributed by atoms with E-state index in [-0.39, 0.29) is 11.3 Å². The molecule has 5 heterocycles. The molecule has 2 aliphatic rings. The van der Waals surface area contributed by atoms with Gasteiger partial charge in [0.05, 0.1) is 25.2 Å². The summed E-state index contributed by atoms with van der Waals surface area (Å²) in [4.78, 5) is 30.7. The van der Waals surface area contributed by atoms with Crippen molar-refractivity contribution in [3.05, 3.63) is 85.2 Å². The molecule has 5 aromatic rings. The quantitative estimate of drug-likeness (QED) is 0.327. The number of amides is 1. The van der Waals surface area contributed by atoms with Crippen molar-refractivity contribution in [1.82, 2.24) is 29.6 Å². The van der Waals surface area contributed by atoms with Gasteiger partial charge < -0.3 is 14.5 Å². The van der Waals surface area contributed by atoms with E-state index in [1.165, 1.54) is 0 Å². The minimum absolute atomic E-state index is 0.171. The van der Waals surface area contributed by atoms with Gasteiger partial charge in [-0.3, -0.25) is 9.48 Å². The second-order valence-corrected chi connectivity index (χ2v) is 10.9. The topological polar surface area (TPSA) is 89.3 Å². The Hall–Kier alpha value is -4.79. The molecule has 2 aromatic carbocycles. The van der Waals surface area contributed by atoms with Gasteiger partial charge in [0.15, 0.2) is 0 Å². The number of rotatable bonds is 6. The number of hydrogen-bond donors (Lipinski definition) is 0. The van der Waals surface area contributed by atoms with Crippen molar-refractivity contribution in [2.24, 2.45) is 12.5 Å². The lowest BCUT2D eigenvalue weighted by Gasteiger charge is -2.60. The summed E-state index contributed by atoms with van der Waals surface area (Å²) in [5.74, 6) is 1.91. The van der Waals surface area contributed by atoms with E-state index < -0.39 is 0 Å². The third kappa shape index (κ3) is 4.33. The molecule has 7 rings (SSSR count). The van der Waals surface area contributed by atoms with Crippen LogP contribution in [-0.2, 0) is 18.3 Å². The van der Waals surface area contributed by atoms with Gasteiger partial charge in [-0.1, -0.05) is 12.1 Å². The second kappa shape index (κ2) is 9.44. The molecule has 0 saturated carbocycles. The first-order valence-electron chi connectivity index (χ1n) is 13.3. The van der Waals surface area contributed by atoms with E-state index in [2.05, 4.69) is 44.2 Å². The molecule has 200 valence electrons. The number of methoxy groups -OCH3 is 1. The number of aromatic nitrogens is 5. The fraction of sp³-hybridized carbons (Fsp3) is 0.258. The number of ether oxygens (including phenoxy) is 1. The van der Waals surface area contributed by atoms with E-state index in [0.717, 1.165) is 76.5 Å². The Balaban J connectivity index is 1.03. The first-order chi connectivity index (χ1) is 19.5. The van der Waals surface area contributed by atoms with Crippen LogP contribution in [0.5, 0.6) is 5.75 Å². The van der Waals surface area contributed by atoms with Gasteiger partial charge in [0.25, 0.3) is 0 Å². The highest BCUT2D eigenvalue weighted by atomic mass is 16.5. The fourth-order valence-electron chi connectivity index (χ4n) is 5.93. The summed E-state index contributed by atoms with van der Waals surface area (Å²) in [6.07, 6.45) is 9.63. The van der Waals surface area contributed by atoms with Crippen LogP contribution in [0.3, 0.4) is 0 Å². The van der Waals surface area contributed by atoms with Crippen LogP contribution in [-0.4, -0.2) is 68.8 Å². The van der Waals surface area contributed by atoms with Crippen LogP contribution in [0.1, 0.15) is 5.56 Å². The van der Waals surface area contributed by atoms with Crippen LogP contribution in [0.2, 0.25) is 0 Å². The highest BCUT2D eigenvalue weighted by molar-refractivity contribution is 5.97. The Morgan fingerprint density at radius 3 is 2.58 bits per heavy atom. The smallest absolute Gasteiger partial charge is 0.227 e. The largest absolute Gasteiger partial charge is 0.497 e. The predicted molar refractivity (Wildman–Crippen MR) is 153 cm³/mol. The number of likely N-dealkylation sites (tertiary alicyclic amines) is 1. The number of nitrogens with zero attached hydrogens (tertiary/aromatic N) is 7. The molecule has 0 unspecified atom stereocenters. The van der Waals surface area contributed by atoms with E-state index in [0.29, 0.717) is 6.42 Å². The van der Waals surface area contributed by atoms with E-state index in [1.807, 2.05) is 61.0 Å². The summed E-state index contributed by atoms with van der Waals surface area (Å²) in [6.45, 7) is 3.43. The summed E-state index contributed by atoms with van der Waals surface area (Å²) in [5.41, 5.74) is 6.19. The average Bonchev–Trinajstić information content (AvgIpc) is 3.37. The van der Waals surface area contributed by atoms with Gasteiger partial charge in [-0.05, 0) is 53.1 Å². The van der Waals surface area contributed by atoms with Crippen LogP contribution in [0.25, 0.3) is 33.2 Å². The van der Waals surface area contributed by atoms with Crippen LogP contribution in [0.4, 0.5) is 5.82 Å². The summed E-state index contributed by atoms with van der Waals surface area (Å²) >= 11 is 0. The van der Waals surface area contributed by atoms with E-state index >= 15 is 0 Å². The van der Waals surface area contributed by atoms with E-state index in [4.69, 9.17) is 9.72 Å². The van der Waals surface area contributed by atoms with Crippen molar-refractivity contribution in [3.8, 4) is 28.0 Å². The second-order valence-electron chi connectivity index (χ2n) is 10.9. The molecule has 40 heavy (non-hydrogen) atoms. The molecule has 3 aromatic heterocycles. The van der Waals surface area contributed by atoms with E-state index in [1.54, 1.807) is 18.1 Å². The van der Waals surface area contributed by atoms with Crippen molar-refractivity contribution in [3.63, 3.8) is 0 Å². The van der Waals surface area contributed by atoms with Gasteiger partial charge in [0, 0.05) is 73.7 Å². The van der Waals surface area contributed by atoms with Crippen LogP contribution < -0.4 is 9.64 Å². The molecule has 2 fully saturated rings. The standard InChI is InChI=1S/C31H29N7O2/c1-36-15-24(13-35-36)23-10-26(27-14-32-20-34-28(27)11-23)22-6-7-29(33-12-22)37-16-31(17-37)18-38(19-31)30(39)9-21-4-3-5-25(8-21)40-2/h3-8,10-15,20H,9,16-19H2,1-2H3. The zero-order valence-electron chi connectivity index (χ0n) is 22.5. The highest BCUT2D eigenvalue weighted by Gasteiger charge is 2.53. The molecule has 1 spiro atoms. The minimum atomic E-state index is 0.171. The number of aryl methyl sites for hydroxylation is 1. The summed E-state index contributed by atoms with van der Waals surface area (Å²) in [5, 5.41) is 5.31. The van der Waals surface area contributed by atoms with Crippen LogP contribution >= 0.6 is 0 Å². The molecular formula is C31H29N7O2. The monoisotopic (exact) mass is 531 g/mol. The molecule has 2 saturated heterocycles. The maximum atomic E-state index is 12.8. The fourth-order valence-corrected chi connectivity index (χ4v) is 5.93. The number of hydrogen-bond acceptors (Lipinski definition) is 7. The third-order valence-electron chi connectivity index (χ3n) is 7.99. The molecule has 1 amide bonds. The van der Waals surface area contributed by atoms with Crippen molar-refractivity contribution < 1.29 is 9.53 Å². The first-order valence-corrected chi connectivity index (χ1v) is 13.3. The Kier molecular flexibility index (Phi) is 5.73. The molecule has 9 nitrogen and oxygen atoms in total. The van der Waals surface area contributed by atoms with Gasteiger partial charge in [-0.15, -0.1) is 0 Å². The number of pyridine rings is 1. The lowest BCUT2D eigenvalue weighted by molar-refractivity contribution is -0.144. The third-order valence-corrected chi connectivity index (χ3v) is 7.99. The lowest BCUT2D eigenvalue weighted by atomic mass is 9.72. The normalized spacial score (nSPS) is 15.7. The minimum Gasteiger partial charge on any atom is -0.497 e. The highest BCUT2D eigenvalue weighted by Crippen LogP contribution is 2.42. The summed E-state index contributed by atoms with van der Waals surface area (Å²) in [6, 6.07) is 16.2. The molecular weight excluding hydrogens is 502 g/mol. The Bertz CT molecular complexity index is 1720. The van der Waals surface area contributed by atoms with Gasteiger partial charge in [-0.2, -0.15) is 5.10 Å². The zero-order chi connectivity index (χ0) is 27.3. The van der Waals surface area contributed by atoms with Crippen LogP contribution in [0, 0.1) is 5.41 Å². The van der Waals surface area contributed by atoms with Gasteiger partial charge >= 0.3 is 0 Å². The first kappa shape index (κ1) is 24.3. The lowest BCUT2D eigenvalue weighted by Crippen LogP contribution is -2.73. The maximum absolute atomic E-state index is 12.8. The molecule has 2 aliphatic heterocycles. The average molecular weight is 532 g/mol. The summed E-state index contributed by atoms with van der Waals surface area (Å²) in [7, 11) is 3.56. The van der Waals surface area contributed by atoms with Crippen molar-refractivity contribution in [2.45, 2.75) is 6.42 Å². The number of anilines is 1. The predicted octanol–water partition coefficient (Wildman–Crippen LogP) is 3.99. The molecule has 0 bridgehead atoms. The summed E-state index contributed by atoms with van der Waals surface area (Å²) < 4.78 is 7.08. The van der Waals surface area contributed by atoms with E-state index in [9.17, 15) is 4.79 Å². The Morgan fingerprint density at radius 2 is 1.82 bits per heavy atom. The van der Waals surface area contributed by atoms with Crippen molar-refractivity contribution in [1.29, 1.82) is 0 Å². The molecule has 0 atom stereocenters. The number of fused-ring (bicyclic) bond motifs is 1. The molecule has 9 heteroatoms. The van der Waals surface area contributed by atoms with Crippen molar-refractivity contribution in [2.75, 3.05) is 38.2 Å². The Morgan fingerprint density at radius 1 is 0.950 bits per heavy atom. The maximum Gasteiger partial charge on any atom is 0.227 e. The number of carbonyl (C=O) groups excluding carboxylic acids is 1. The van der Waals surface area contributed by atoms with Crippen LogP contribution in [0.15, 0.2) is 79.6 Å². The Labute approximate surface area is 232 Å². The van der Waals surface area contributed by atoms with Gasteiger partial charge in [0.2, 0.25) is 5.91 Å². The zero-order valence-corrected chi connectivity index (χ0v) is 22.5. The SMILES string of the molecule is COc1cccc(CC(=O)N2CC3(C2)CN(c2ccc(-c4cc(-c5cnn(C)c5)cc5ncncc45)cn2)C3)c1.